The second-order valence-corrected chi connectivity index (χ2v) is 9.55. The summed E-state index contributed by atoms with van der Waals surface area (Å²) in [6.07, 6.45) is 1.84. The predicted octanol–water partition coefficient (Wildman–Crippen LogP) is 4.72. The van der Waals surface area contributed by atoms with Gasteiger partial charge in [-0.15, -0.1) is 0 Å². The van der Waals surface area contributed by atoms with E-state index in [1.165, 1.54) is 4.70 Å². The van der Waals surface area contributed by atoms with Crippen LogP contribution in [0.3, 0.4) is 0 Å². The summed E-state index contributed by atoms with van der Waals surface area (Å²) >= 11 is 7.81. The van der Waals surface area contributed by atoms with E-state index in [0.29, 0.717) is 29.0 Å². The highest BCUT2D eigenvalue weighted by Crippen LogP contribution is 2.40. The second-order valence-electron chi connectivity index (χ2n) is 8.10. The number of halogens is 1. The molecule has 2 atom stereocenters. The highest BCUT2D eigenvalue weighted by molar-refractivity contribution is 7.22. The molecule has 29 heavy (non-hydrogen) atoms. The molecule has 2 aliphatic heterocycles. The molecule has 0 aliphatic carbocycles. The summed E-state index contributed by atoms with van der Waals surface area (Å²) in [6.45, 7) is 4.45. The van der Waals surface area contributed by atoms with Crippen LogP contribution in [0.2, 0.25) is 5.02 Å². The van der Waals surface area contributed by atoms with E-state index in [-0.39, 0.29) is 6.10 Å². The van der Waals surface area contributed by atoms with E-state index in [1.807, 2.05) is 18.2 Å². The van der Waals surface area contributed by atoms with Crippen LogP contribution >= 0.6 is 22.9 Å². The zero-order valence-electron chi connectivity index (χ0n) is 16.3. The Morgan fingerprint density at radius 3 is 2.76 bits per heavy atom. The van der Waals surface area contributed by atoms with Gasteiger partial charge in [0.05, 0.1) is 15.8 Å². The zero-order chi connectivity index (χ0) is 20.0. The Morgan fingerprint density at radius 2 is 1.97 bits per heavy atom. The van der Waals surface area contributed by atoms with Crippen molar-refractivity contribution in [2.24, 2.45) is 11.7 Å². The van der Waals surface area contributed by atoms with Gasteiger partial charge >= 0.3 is 0 Å². The molecule has 0 amide bonds. The summed E-state index contributed by atoms with van der Waals surface area (Å²) in [5.41, 5.74) is 7.43. The summed E-state index contributed by atoms with van der Waals surface area (Å²) in [7, 11) is 0. The van der Waals surface area contributed by atoms with E-state index in [2.05, 4.69) is 30.0 Å². The van der Waals surface area contributed by atoms with E-state index in [4.69, 9.17) is 31.8 Å². The fraction of sp³-hybridized carbons (Fsp3) is 0.409. The standard InChI is InChI=1S/C22H24ClN3O2S/c1-22(24,20-13-27-18-12-15(23)6-7-17(18)28-20)14-8-10-26(11-9-14)21-25-16-4-2-3-5-19(16)29-21/h2-7,12,14,20H,8-11,13,24H2,1H3. The van der Waals surface area contributed by atoms with Crippen LogP contribution in [-0.2, 0) is 0 Å². The molecule has 2 aliphatic rings. The predicted molar refractivity (Wildman–Crippen MR) is 119 cm³/mol. The van der Waals surface area contributed by atoms with E-state index < -0.39 is 5.54 Å². The highest BCUT2D eigenvalue weighted by atomic mass is 35.5. The van der Waals surface area contributed by atoms with Crippen LogP contribution in [0, 0.1) is 5.92 Å². The number of para-hydroxylation sites is 1. The first-order valence-electron chi connectivity index (χ1n) is 9.99. The van der Waals surface area contributed by atoms with Gasteiger partial charge in [-0.2, -0.15) is 0 Å². The van der Waals surface area contributed by atoms with Crippen molar-refractivity contribution in [2.45, 2.75) is 31.4 Å². The second kappa shape index (κ2) is 7.35. The smallest absolute Gasteiger partial charge is 0.186 e. The molecule has 2 aromatic carbocycles. The quantitative estimate of drug-likeness (QED) is 0.652. The molecular formula is C22H24ClN3O2S. The molecule has 1 saturated heterocycles. The Balaban J connectivity index is 1.26. The number of piperidine rings is 1. The van der Waals surface area contributed by atoms with E-state index >= 15 is 0 Å². The van der Waals surface area contributed by atoms with Gasteiger partial charge in [0.15, 0.2) is 22.7 Å². The van der Waals surface area contributed by atoms with Crippen molar-refractivity contribution in [3.63, 3.8) is 0 Å². The van der Waals surface area contributed by atoms with Crippen molar-refractivity contribution in [1.82, 2.24) is 4.98 Å². The summed E-state index contributed by atoms with van der Waals surface area (Å²) in [4.78, 5) is 7.19. The Bertz CT molecular complexity index is 997. The van der Waals surface area contributed by atoms with Gasteiger partial charge in [0, 0.05) is 24.2 Å². The molecule has 3 aromatic rings. The number of anilines is 1. The average Bonchev–Trinajstić information content (AvgIpc) is 3.17. The summed E-state index contributed by atoms with van der Waals surface area (Å²) < 4.78 is 13.4. The molecule has 1 aromatic heterocycles. The van der Waals surface area contributed by atoms with Crippen molar-refractivity contribution in [2.75, 3.05) is 24.6 Å². The first-order chi connectivity index (χ1) is 14.0. The van der Waals surface area contributed by atoms with Gasteiger partial charge in [-0.3, -0.25) is 0 Å². The normalized spacial score (nSPS) is 21.9. The molecule has 7 heteroatoms. The van der Waals surface area contributed by atoms with Gasteiger partial charge in [0.2, 0.25) is 0 Å². The third kappa shape index (κ3) is 3.54. The SMILES string of the molecule is CC(N)(C1CCN(c2nc3ccccc3s2)CC1)C1COc2cc(Cl)ccc2O1. The number of hydrogen-bond donors (Lipinski definition) is 1. The lowest BCUT2D eigenvalue weighted by molar-refractivity contribution is 0.00937. The topological polar surface area (TPSA) is 60.6 Å². The molecule has 2 N–H and O–H groups in total. The molecule has 1 fully saturated rings. The summed E-state index contributed by atoms with van der Waals surface area (Å²) in [6, 6.07) is 13.8. The Hall–Kier alpha value is -2.02. The van der Waals surface area contributed by atoms with E-state index in [1.54, 1.807) is 17.4 Å². The van der Waals surface area contributed by atoms with Gasteiger partial charge in [-0.25, -0.2) is 4.98 Å². The maximum atomic E-state index is 6.84. The summed E-state index contributed by atoms with van der Waals surface area (Å²) in [5, 5.41) is 1.75. The van der Waals surface area contributed by atoms with Gasteiger partial charge in [0.1, 0.15) is 6.61 Å². The number of benzene rings is 2. The molecular weight excluding hydrogens is 406 g/mol. The lowest BCUT2D eigenvalue weighted by Gasteiger charge is -2.45. The first-order valence-corrected chi connectivity index (χ1v) is 11.2. The van der Waals surface area contributed by atoms with Crippen LogP contribution in [0.1, 0.15) is 19.8 Å². The average molecular weight is 430 g/mol. The number of thiazole rings is 1. The Labute approximate surface area is 179 Å². The molecule has 5 rings (SSSR count). The highest BCUT2D eigenvalue weighted by Gasteiger charge is 2.43. The maximum absolute atomic E-state index is 6.84. The van der Waals surface area contributed by atoms with Crippen LogP contribution in [0.15, 0.2) is 42.5 Å². The Kier molecular flexibility index (Phi) is 4.81. The number of nitrogens with zero attached hydrogens (tertiary/aromatic N) is 2. The van der Waals surface area contributed by atoms with Crippen molar-refractivity contribution in [3.05, 3.63) is 47.5 Å². The number of rotatable bonds is 3. The molecule has 2 unspecified atom stereocenters. The fourth-order valence-electron chi connectivity index (χ4n) is 4.30. The van der Waals surface area contributed by atoms with Gasteiger partial charge in [-0.1, -0.05) is 35.1 Å². The molecule has 3 heterocycles. The maximum Gasteiger partial charge on any atom is 0.186 e. The number of ether oxygens (including phenoxy) is 2. The van der Waals surface area contributed by atoms with E-state index in [9.17, 15) is 0 Å². The van der Waals surface area contributed by atoms with Crippen LogP contribution in [0.4, 0.5) is 5.13 Å². The largest absolute Gasteiger partial charge is 0.486 e. The van der Waals surface area contributed by atoms with Gasteiger partial charge < -0.3 is 20.1 Å². The van der Waals surface area contributed by atoms with Crippen LogP contribution in [0.5, 0.6) is 11.5 Å². The Morgan fingerprint density at radius 1 is 1.17 bits per heavy atom. The molecule has 0 saturated carbocycles. The zero-order valence-corrected chi connectivity index (χ0v) is 17.9. The lowest BCUT2D eigenvalue weighted by Crippen LogP contribution is -2.61. The lowest BCUT2D eigenvalue weighted by atomic mass is 9.76. The number of hydrogen-bond acceptors (Lipinski definition) is 6. The molecule has 0 bridgehead atoms. The van der Waals surface area contributed by atoms with Crippen molar-refractivity contribution in [3.8, 4) is 11.5 Å². The van der Waals surface area contributed by atoms with Crippen molar-refractivity contribution >= 4 is 38.3 Å². The third-order valence-corrected chi connectivity index (χ3v) is 7.52. The molecule has 5 nitrogen and oxygen atoms in total. The number of nitrogens with two attached hydrogens (primary N) is 1. The number of fused-ring (bicyclic) bond motifs is 2. The van der Waals surface area contributed by atoms with Crippen LogP contribution in [-0.4, -0.2) is 36.3 Å². The van der Waals surface area contributed by atoms with Crippen molar-refractivity contribution in [1.29, 1.82) is 0 Å². The van der Waals surface area contributed by atoms with Crippen LogP contribution in [0.25, 0.3) is 10.2 Å². The summed E-state index contributed by atoms with van der Waals surface area (Å²) in [5.74, 6) is 1.76. The first kappa shape index (κ1) is 19.0. The molecule has 0 spiro atoms. The minimum absolute atomic E-state index is 0.185. The van der Waals surface area contributed by atoms with Gasteiger partial charge in [-0.05, 0) is 49.9 Å². The van der Waals surface area contributed by atoms with Gasteiger partial charge in [0.25, 0.3) is 0 Å². The van der Waals surface area contributed by atoms with Crippen LogP contribution < -0.4 is 20.1 Å². The fourth-order valence-corrected chi connectivity index (χ4v) is 5.48. The van der Waals surface area contributed by atoms with Crippen molar-refractivity contribution < 1.29 is 9.47 Å². The number of aromatic nitrogens is 1. The minimum atomic E-state index is -0.475. The van der Waals surface area contributed by atoms with E-state index in [0.717, 1.165) is 36.6 Å². The monoisotopic (exact) mass is 429 g/mol. The minimum Gasteiger partial charge on any atom is -0.486 e. The molecule has 0 radical (unpaired) electrons. The third-order valence-electron chi connectivity index (χ3n) is 6.19. The molecule has 152 valence electrons.